The molecule has 0 aliphatic heterocycles. The summed E-state index contributed by atoms with van der Waals surface area (Å²) < 4.78 is 0. The molecule has 2 unspecified atom stereocenters. The van der Waals surface area contributed by atoms with Crippen LogP contribution in [0.3, 0.4) is 0 Å². The first-order chi connectivity index (χ1) is 24.7. The highest BCUT2D eigenvalue weighted by Crippen LogP contribution is 2.17. The van der Waals surface area contributed by atoms with E-state index in [9.17, 15) is 15.0 Å². The molecule has 0 bridgehead atoms. The maximum atomic E-state index is 12.3. The van der Waals surface area contributed by atoms with Gasteiger partial charge in [-0.3, -0.25) is 4.79 Å². The fourth-order valence-electron chi connectivity index (χ4n) is 6.96. The summed E-state index contributed by atoms with van der Waals surface area (Å²) in [6, 6.07) is -0.632. The zero-order valence-corrected chi connectivity index (χ0v) is 33.9. The molecular formula is C46H89NO3. The van der Waals surface area contributed by atoms with Gasteiger partial charge in [0.25, 0.3) is 0 Å². The molecule has 0 fully saturated rings. The van der Waals surface area contributed by atoms with E-state index in [4.69, 9.17) is 0 Å². The van der Waals surface area contributed by atoms with Crippen molar-refractivity contribution in [2.45, 2.75) is 257 Å². The van der Waals surface area contributed by atoms with Crippen molar-refractivity contribution in [3.63, 3.8) is 0 Å². The minimum atomic E-state index is -0.856. The molecule has 0 rings (SSSR count). The number of amides is 1. The van der Waals surface area contributed by atoms with Gasteiger partial charge in [0.15, 0.2) is 0 Å². The van der Waals surface area contributed by atoms with Crippen LogP contribution >= 0.6 is 0 Å². The van der Waals surface area contributed by atoms with E-state index < -0.39 is 12.1 Å². The zero-order chi connectivity index (χ0) is 36.4. The van der Waals surface area contributed by atoms with Crippen molar-refractivity contribution < 1.29 is 15.0 Å². The minimum Gasteiger partial charge on any atom is -0.394 e. The van der Waals surface area contributed by atoms with Crippen molar-refractivity contribution in [1.29, 1.82) is 0 Å². The molecule has 4 heteroatoms. The molecule has 0 saturated carbocycles. The fourth-order valence-corrected chi connectivity index (χ4v) is 6.96. The van der Waals surface area contributed by atoms with Gasteiger partial charge in [0.2, 0.25) is 5.91 Å². The average Bonchev–Trinajstić information content (AvgIpc) is 3.12. The van der Waals surface area contributed by atoms with Crippen LogP contribution in [0.15, 0.2) is 24.3 Å². The van der Waals surface area contributed by atoms with Crippen LogP contribution < -0.4 is 5.32 Å². The Kier molecular flexibility index (Phi) is 41.3. The van der Waals surface area contributed by atoms with Crippen molar-refractivity contribution >= 4 is 5.91 Å². The number of nitrogens with one attached hydrogen (secondary N) is 1. The lowest BCUT2D eigenvalue weighted by Crippen LogP contribution is -2.45. The molecule has 0 heterocycles. The van der Waals surface area contributed by atoms with Gasteiger partial charge in [-0.05, 0) is 32.1 Å². The van der Waals surface area contributed by atoms with E-state index in [0.29, 0.717) is 6.42 Å². The molecule has 296 valence electrons. The summed E-state index contributed by atoms with van der Waals surface area (Å²) in [7, 11) is 0. The second-order valence-corrected chi connectivity index (χ2v) is 15.5. The molecule has 0 spiro atoms. The third-order valence-corrected chi connectivity index (χ3v) is 10.4. The number of hydrogen-bond donors (Lipinski definition) is 3. The SMILES string of the molecule is CCCCC/C=C/CC/C=C/C(O)C(CO)NC(=O)CCCCCCCCCCCCCCCCCCCCCCCCCCCCCCC. The van der Waals surface area contributed by atoms with Crippen molar-refractivity contribution in [3.8, 4) is 0 Å². The van der Waals surface area contributed by atoms with Crippen LogP contribution in [-0.4, -0.2) is 34.9 Å². The Morgan fingerprint density at radius 3 is 1.16 bits per heavy atom. The van der Waals surface area contributed by atoms with Crippen LogP contribution in [0.25, 0.3) is 0 Å². The molecule has 50 heavy (non-hydrogen) atoms. The Balaban J connectivity index is 3.40. The highest BCUT2D eigenvalue weighted by atomic mass is 16.3. The Morgan fingerprint density at radius 2 is 0.780 bits per heavy atom. The Bertz CT molecular complexity index is 720. The first-order valence-corrected chi connectivity index (χ1v) is 22.6. The summed E-state index contributed by atoms with van der Waals surface area (Å²) in [6.45, 7) is 4.26. The second kappa shape index (κ2) is 42.3. The normalized spacial score (nSPS) is 13.1. The molecule has 0 aromatic carbocycles. The van der Waals surface area contributed by atoms with E-state index in [1.807, 2.05) is 6.08 Å². The van der Waals surface area contributed by atoms with E-state index in [1.54, 1.807) is 6.08 Å². The summed E-state index contributed by atoms with van der Waals surface area (Å²) >= 11 is 0. The van der Waals surface area contributed by atoms with Gasteiger partial charge in [0.1, 0.15) is 0 Å². The van der Waals surface area contributed by atoms with Gasteiger partial charge in [0.05, 0.1) is 18.8 Å². The third kappa shape index (κ3) is 38.1. The molecule has 1 amide bonds. The van der Waals surface area contributed by atoms with E-state index in [2.05, 4.69) is 31.3 Å². The standard InChI is InChI=1S/C46H89NO3/c1-3-5-7-9-11-13-14-15-16-17-18-19-20-21-22-23-24-25-26-27-28-29-30-31-32-34-36-38-40-42-46(50)47-44(43-48)45(49)41-39-37-35-33-12-10-8-6-4-2/h12,33,39,41,44-45,48-49H,3-11,13-32,34-38,40,42-43H2,1-2H3,(H,47,50)/b33-12+,41-39+. The predicted octanol–water partition coefficient (Wildman–Crippen LogP) is 14.0. The van der Waals surface area contributed by atoms with Gasteiger partial charge in [-0.2, -0.15) is 0 Å². The maximum Gasteiger partial charge on any atom is 0.220 e. The number of allylic oxidation sites excluding steroid dienone is 3. The van der Waals surface area contributed by atoms with Gasteiger partial charge in [-0.15, -0.1) is 0 Å². The van der Waals surface area contributed by atoms with Crippen LogP contribution in [0.1, 0.15) is 245 Å². The largest absolute Gasteiger partial charge is 0.394 e. The van der Waals surface area contributed by atoms with Crippen molar-refractivity contribution in [2.75, 3.05) is 6.61 Å². The monoisotopic (exact) mass is 704 g/mol. The third-order valence-electron chi connectivity index (χ3n) is 10.4. The van der Waals surface area contributed by atoms with E-state index >= 15 is 0 Å². The minimum absolute atomic E-state index is 0.0727. The van der Waals surface area contributed by atoms with Crippen molar-refractivity contribution in [1.82, 2.24) is 5.32 Å². The number of aliphatic hydroxyl groups is 2. The topological polar surface area (TPSA) is 69.6 Å². The first-order valence-electron chi connectivity index (χ1n) is 22.6. The molecule has 0 saturated heterocycles. The van der Waals surface area contributed by atoms with Crippen LogP contribution in [0.2, 0.25) is 0 Å². The van der Waals surface area contributed by atoms with E-state index in [1.165, 1.54) is 193 Å². The van der Waals surface area contributed by atoms with Gasteiger partial charge in [0, 0.05) is 6.42 Å². The lowest BCUT2D eigenvalue weighted by atomic mass is 10.0. The number of aliphatic hydroxyl groups excluding tert-OH is 2. The number of carbonyl (C=O) groups is 1. The molecule has 0 aromatic rings. The molecule has 0 aliphatic carbocycles. The van der Waals surface area contributed by atoms with Gasteiger partial charge in [-0.1, -0.05) is 231 Å². The van der Waals surface area contributed by atoms with Crippen molar-refractivity contribution in [2.24, 2.45) is 0 Å². The molecular weight excluding hydrogens is 615 g/mol. The number of hydrogen-bond acceptors (Lipinski definition) is 3. The van der Waals surface area contributed by atoms with E-state index in [-0.39, 0.29) is 12.5 Å². The first kappa shape index (κ1) is 48.9. The maximum absolute atomic E-state index is 12.3. The lowest BCUT2D eigenvalue weighted by Gasteiger charge is -2.19. The summed E-state index contributed by atoms with van der Waals surface area (Å²) in [5, 5.41) is 22.8. The van der Waals surface area contributed by atoms with Crippen LogP contribution in [0, 0.1) is 0 Å². The highest BCUT2D eigenvalue weighted by Gasteiger charge is 2.17. The summed E-state index contributed by atoms with van der Waals surface area (Å²) in [4.78, 5) is 12.3. The second-order valence-electron chi connectivity index (χ2n) is 15.5. The molecule has 2 atom stereocenters. The Hall–Kier alpha value is -1.13. The zero-order valence-electron chi connectivity index (χ0n) is 33.9. The van der Waals surface area contributed by atoms with Gasteiger partial charge >= 0.3 is 0 Å². The molecule has 0 radical (unpaired) electrons. The predicted molar refractivity (Wildman–Crippen MR) is 221 cm³/mol. The summed E-state index contributed by atoms with van der Waals surface area (Å²) in [5.41, 5.74) is 0. The Labute approximate surface area is 313 Å². The van der Waals surface area contributed by atoms with Gasteiger partial charge < -0.3 is 15.5 Å². The highest BCUT2D eigenvalue weighted by molar-refractivity contribution is 5.76. The summed E-state index contributed by atoms with van der Waals surface area (Å²) in [5.74, 6) is -0.0727. The average molecular weight is 704 g/mol. The van der Waals surface area contributed by atoms with Crippen molar-refractivity contribution in [3.05, 3.63) is 24.3 Å². The lowest BCUT2D eigenvalue weighted by molar-refractivity contribution is -0.123. The quantitative estimate of drug-likeness (QED) is 0.0438. The summed E-state index contributed by atoms with van der Waals surface area (Å²) in [6.07, 6.45) is 54.6. The van der Waals surface area contributed by atoms with Crippen LogP contribution in [-0.2, 0) is 4.79 Å². The smallest absolute Gasteiger partial charge is 0.220 e. The van der Waals surface area contributed by atoms with Crippen LogP contribution in [0.5, 0.6) is 0 Å². The van der Waals surface area contributed by atoms with Gasteiger partial charge in [-0.25, -0.2) is 0 Å². The molecule has 3 N–H and O–H groups in total. The molecule has 0 aromatic heterocycles. The van der Waals surface area contributed by atoms with E-state index in [0.717, 1.165) is 32.1 Å². The Morgan fingerprint density at radius 1 is 0.460 bits per heavy atom. The number of carbonyl (C=O) groups excluding carboxylic acids is 1. The number of unbranched alkanes of at least 4 members (excludes halogenated alkanes) is 32. The fraction of sp³-hybridized carbons (Fsp3) is 0.891. The number of rotatable bonds is 41. The van der Waals surface area contributed by atoms with Crippen LogP contribution in [0.4, 0.5) is 0 Å². The molecule has 0 aliphatic rings. The molecule has 4 nitrogen and oxygen atoms in total.